The molecular weight excluding hydrogens is 428 g/mol. The van der Waals surface area contributed by atoms with Gasteiger partial charge in [-0.15, -0.1) is 0 Å². The largest absolute Gasteiger partial charge is 0.457 e. The lowest BCUT2D eigenvalue weighted by atomic mass is 9.99. The highest BCUT2D eigenvalue weighted by atomic mass is 28.4. The zero-order valence-electron chi connectivity index (χ0n) is 18.8. The predicted molar refractivity (Wildman–Crippen MR) is 122 cm³/mol. The van der Waals surface area contributed by atoms with Crippen LogP contribution < -0.4 is 10.4 Å². The monoisotopic (exact) mass is 460 g/mol. The summed E-state index contributed by atoms with van der Waals surface area (Å²) < 4.78 is 17.6. The molecule has 1 fully saturated rings. The van der Waals surface area contributed by atoms with E-state index >= 15 is 0 Å². The molecule has 0 saturated carbocycles. The number of hydrogen-bond donors (Lipinski definition) is 3. The van der Waals surface area contributed by atoms with Crippen LogP contribution in [0.5, 0.6) is 0 Å². The van der Waals surface area contributed by atoms with Crippen molar-refractivity contribution >= 4 is 24.7 Å². The van der Waals surface area contributed by atoms with Crippen LogP contribution >= 0.6 is 0 Å². The van der Waals surface area contributed by atoms with Crippen LogP contribution in [0.25, 0.3) is 0 Å². The lowest BCUT2D eigenvalue weighted by Crippen LogP contribution is -2.72. The molecule has 8 heteroatoms. The van der Waals surface area contributed by atoms with Crippen LogP contribution in [0.2, 0.25) is 5.04 Å². The fourth-order valence-electron chi connectivity index (χ4n) is 4.42. The third kappa shape index (κ3) is 4.66. The van der Waals surface area contributed by atoms with Gasteiger partial charge >= 0.3 is 5.97 Å². The Kier molecular flexibility index (Phi) is 7.54. The SMILES string of the molecule is CC(=O)O[C@H]1[C@H](O)[C@@H](O[Si](c2ccccc2)(c2ccccc2)C(C)(C)C)[C@@H](O)O[C@@H]1CO. The molecule has 0 bridgehead atoms. The maximum Gasteiger partial charge on any atom is 0.303 e. The fourth-order valence-corrected chi connectivity index (χ4v) is 9.10. The van der Waals surface area contributed by atoms with Crippen LogP contribution in [0.3, 0.4) is 0 Å². The smallest absolute Gasteiger partial charge is 0.303 e. The summed E-state index contributed by atoms with van der Waals surface area (Å²) in [5.74, 6) is -0.628. The zero-order valence-corrected chi connectivity index (χ0v) is 19.8. The molecule has 3 rings (SSSR count). The molecule has 1 aliphatic heterocycles. The van der Waals surface area contributed by atoms with Gasteiger partial charge in [0.1, 0.15) is 18.3 Å². The molecular formula is C24H32O7Si. The molecule has 2 aromatic carbocycles. The Morgan fingerprint density at radius 3 is 1.88 bits per heavy atom. The van der Waals surface area contributed by atoms with Gasteiger partial charge in [0.2, 0.25) is 0 Å². The predicted octanol–water partition coefficient (Wildman–Crippen LogP) is 0.934. The number of carbonyl (C=O) groups is 1. The van der Waals surface area contributed by atoms with E-state index in [1.807, 2.05) is 60.7 Å². The lowest BCUT2D eigenvalue weighted by molar-refractivity contribution is -0.285. The van der Waals surface area contributed by atoms with Crippen molar-refractivity contribution in [3.8, 4) is 0 Å². The highest BCUT2D eigenvalue weighted by Gasteiger charge is 2.56. The first kappa shape index (κ1) is 24.6. The van der Waals surface area contributed by atoms with E-state index in [1.54, 1.807) is 0 Å². The van der Waals surface area contributed by atoms with Gasteiger partial charge in [-0.1, -0.05) is 81.4 Å². The van der Waals surface area contributed by atoms with Crippen molar-refractivity contribution in [3.63, 3.8) is 0 Å². The summed E-state index contributed by atoms with van der Waals surface area (Å²) in [6, 6.07) is 19.6. The number of aliphatic hydroxyl groups is 3. The van der Waals surface area contributed by atoms with E-state index in [-0.39, 0.29) is 0 Å². The average molecular weight is 461 g/mol. The molecule has 174 valence electrons. The van der Waals surface area contributed by atoms with E-state index in [1.165, 1.54) is 6.92 Å². The Hall–Kier alpha value is -2.07. The van der Waals surface area contributed by atoms with Crippen molar-refractivity contribution in [3.05, 3.63) is 60.7 Å². The maximum absolute atomic E-state index is 11.6. The van der Waals surface area contributed by atoms with Gasteiger partial charge in [0, 0.05) is 6.92 Å². The molecule has 0 aromatic heterocycles. The van der Waals surface area contributed by atoms with E-state index in [0.29, 0.717) is 0 Å². The number of ether oxygens (including phenoxy) is 2. The fraction of sp³-hybridized carbons (Fsp3) is 0.458. The van der Waals surface area contributed by atoms with Gasteiger partial charge in [-0.2, -0.15) is 0 Å². The minimum absolute atomic E-state index is 0.403. The van der Waals surface area contributed by atoms with E-state index in [9.17, 15) is 20.1 Å². The Labute approximate surface area is 189 Å². The van der Waals surface area contributed by atoms with Crippen LogP contribution in [-0.2, 0) is 18.7 Å². The van der Waals surface area contributed by atoms with Crippen LogP contribution in [0.4, 0.5) is 0 Å². The van der Waals surface area contributed by atoms with Gasteiger partial charge in [0.05, 0.1) is 6.61 Å². The molecule has 32 heavy (non-hydrogen) atoms. The molecule has 7 nitrogen and oxygen atoms in total. The number of hydrogen-bond acceptors (Lipinski definition) is 7. The van der Waals surface area contributed by atoms with Gasteiger partial charge in [-0.05, 0) is 15.4 Å². The molecule has 1 heterocycles. The highest BCUT2D eigenvalue weighted by Crippen LogP contribution is 2.39. The van der Waals surface area contributed by atoms with Crippen molar-refractivity contribution in [1.82, 2.24) is 0 Å². The topological polar surface area (TPSA) is 105 Å². The van der Waals surface area contributed by atoms with Crippen molar-refractivity contribution in [2.24, 2.45) is 0 Å². The lowest BCUT2D eigenvalue weighted by Gasteiger charge is -2.49. The molecule has 0 aliphatic carbocycles. The molecule has 0 spiro atoms. The first-order chi connectivity index (χ1) is 15.1. The molecule has 0 radical (unpaired) electrons. The third-order valence-electron chi connectivity index (χ3n) is 5.85. The summed E-state index contributed by atoms with van der Waals surface area (Å²) in [7, 11) is -3.13. The van der Waals surface area contributed by atoms with Crippen molar-refractivity contribution in [2.45, 2.75) is 63.4 Å². The highest BCUT2D eigenvalue weighted by molar-refractivity contribution is 6.99. The Balaban J connectivity index is 2.13. The van der Waals surface area contributed by atoms with Gasteiger partial charge in [-0.25, -0.2) is 0 Å². The van der Waals surface area contributed by atoms with E-state index < -0.39 is 56.6 Å². The second kappa shape index (κ2) is 9.82. The average Bonchev–Trinajstić information content (AvgIpc) is 2.76. The van der Waals surface area contributed by atoms with Crippen molar-refractivity contribution in [2.75, 3.05) is 6.61 Å². The minimum atomic E-state index is -3.13. The molecule has 1 saturated heterocycles. The van der Waals surface area contributed by atoms with E-state index in [4.69, 9.17) is 13.9 Å². The first-order valence-electron chi connectivity index (χ1n) is 10.7. The van der Waals surface area contributed by atoms with E-state index in [2.05, 4.69) is 20.8 Å². The summed E-state index contributed by atoms with van der Waals surface area (Å²) in [6.07, 6.45) is -6.36. The summed E-state index contributed by atoms with van der Waals surface area (Å²) in [5.41, 5.74) is 0. The van der Waals surface area contributed by atoms with Gasteiger partial charge < -0.3 is 29.2 Å². The van der Waals surface area contributed by atoms with Gasteiger partial charge in [-0.3, -0.25) is 4.79 Å². The standard InChI is InChI=1S/C24H32O7Si/c1-16(26)29-21-19(15-25)30-23(28)22(20(21)27)31-32(24(2,3)4,17-11-7-5-8-12-17)18-13-9-6-10-14-18/h5-14,19-23,25,27-28H,15H2,1-4H3/t19-,20+,21-,22-,23+/m1/s1. The quantitative estimate of drug-likeness (QED) is 0.435. The minimum Gasteiger partial charge on any atom is -0.457 e. The van der Waals surface area contributed by atoms with Crippen LogP contribution in [-0.4, -0.2) is 66.9 Å². The second-order valence-corrected chi connectivity index (χ2v) is 13.3. The summed E-state index contributed by atoms with van der Waals surface area (Å²) in [5, 5.41) is 33.1. The molecule has 2 aromatic rings. The van der Waals surface area contributed by atoms with Gasteiger partial charge in [0.25, 0.3) is 8.32 Å². The molecule has 0 amide bonds. The van der Waals surface area contributed by atoms with Crippen LogP contribution in [0.15, 0.2) is 60.7 Å². The number of aliphatic hydroxyl groups excluding tert-OH is 3. The van der Waals surface area contributed by atoms with Crippen molar-refractivity contribution < 1.29 is 34.0 Å². The third-order valence-corrected chi connectivity index (χ3v) is 10.9. The maximum atomic E-state index is 11.6. The Bertz CT molecular complexity index is 845. The van der Waals surface area contributed by atoms with Crippen LogP contribution in [0, 0.1) is 0 Å². The molecule has 5 atom stereocenters. The Morgan fingerprint density at radius 2 is 1.47 bits per heavy atom. The zero-order chi connectivity index (χ0) is 23.5. The number of rotatable bonds is 6. The number of benzene rings is 2. The Morgan fingerprint density at radius 1 is 0.969 bits per heavy atom. The summed E-state index contributed by atoms with van der Waals surface area (Å²) >= 11 is 0. The second-order valence-electron chi connectivity index (χ2n) is 9.06. The molecule has 3 N–H and O–H groups in total. The van der Waals surface area contributed by atoms with E-state index in [0.717, 1.165) is 10.4 Å². The van der Waals surface area contributed by atoms with Gasteiger partial charge in [0.15, 0.2) is 12.4 Å². The summed E-state index contributed by atoms with van der Waals surface area (Å²) in [6.45, 7) is 6.90. The normalized spacial score (nSPS) is 26.5. The summed E-state index contributed by atoms with van der Waals surface area (Å²) in [4.78, 5) is 11.6. The molecule has 0 unspecified atom stereocenters. The molecule has 1 aliphatic rings. The first-order valence-corrected chi connectivity index (χ1v) is 12.6. The number of esters is 1. The van der Waals surface area contributed by atoms with Crippen molar-refractivity contribution in [1.29, 1.82) is 0 Å². The number of carbonyl (C=O) groups excluding carboxylic acids is 1. The van der Waals surface area contributed by atoms with Crippen LogP contribution in [0.1, 0.15) is 27.7 Å².